The van der Waals surface area contributed by atoms with Crippen LogP contribution in [-0.2, 0) is 0 Å². The molecule has 0 bridgehead atoms. The summed E-state index contributed by atoms with van der Waals surface area (Å²) < 4.78 is 12.1. The van der Waals surface area contributed by atoms with E-state index in [2.05, 4.69) is 78.9 Å². The lowest BCUT2D eigenvalue weighted by Gasteiger charge is -2.08. The van der Waals surface area contributed by atoms with Crippen LogP contribution in [0.3, 0.4) is 0 Å². The molecule has 0 spiro atoms. The molecule has 2 nitrogen and oxygen atoms in total. The predicted octanol–water partition coefficient (Wildman–Crippen LogP) is 9.33. The van der Waals surface area contributed by atoms with Crippen molar-refractivity contribution in [3.63, 3.8) is 0 Å². The molecule has 160 valence electrons. The number of hydrogen-bond donors (Lipinski definition) is 0. The zero-order chi connectivity index (χ0) is 22.5. The van der Waals surface area contributed by atoms with E-state index in [0.717, 1.165) is 33.8 Å². The van der Waals surface area contributed by atoms with Gasteiger partial charge in [0.2, 0.25) is 0 Å². The second kappa shape index (κ2) is 7.50. The Morgan fingerprint density at radius 3 is 1.91 bits per heavy atom. The zero-order valence-electron chi connectivity index (χ0n) is 18.4. The molecular formula is C32H20O2. The number of fused-ring (bicyclic) bond motifs is 4. The van der Waals surface area contributed by atoms with Crippen LogP contribution in [0.1, 0.15) is 0 Å². The lowest BCUT2D eigenvalue weighted by molar-refractivity contribution is 0.552. The normalized spacial score (nSPS) is 11.5. The molecule has 0 saturated heterocycles. The summed E-state index contributed by atoms with van der Waals surface area (Å²) in [6, 6.07) is 42.2. The maximum absolute atomic E-state index is 6.14. The third-order valence-electron chi connectivity index (χ3n) is 6.52. The molecule has 0 unspecified atom stereocenters. The van der Waals surface area contributed by atoms with Gasteiger partial charge in [-0.1, -0.05) is 91.0 Å². The highest BCUT2D eigenvalue weighted by atomic mass is 16.4. The van der Waals surface area contributed by atoms with E-state index in [0.29, 0.717) is 0 Å². The minimum absolute atomic E-state index is 0.733. The van der Waals surface area contributed by atoms with Gasteiger partial charge in [-0.05, 0) is 63.0 Å². The third kappa shape index (κ3) is 3.12. The van der Waals surface area contributed by atoms with Gasteiger partial charge in [0.25, 0.3) is 0 Å². The maximum atomic E-state index is 6.14. The molecule has 0 fully saturated rings. The number of benzene rings is 5. The van der Waals surface area contributed by atoms with Crippen molar-refractivity contribution in [2.24, 2.45) is 0 Å². The Labute approximate surface area is 196 Å². The van der Waals surface area contributed by atoms with Crippen LogP contribution in [-0.4, -0.2) is 0 Å². The molecule has 0 N–H and O–H groups in total. The average molecular weight is 437 g/mol. The number of hydrogen-bond acceptors (Lipinski definition) is 2. The van der Waals surface area contributed by atoms with Crippen LogP contribution in [0.2, 0.25) is 0 Å². The average Bonchev–Trinajstić information content (AvgIpc) is 3.56. The van der Waals surface area contributed by atoms with Crippen molar-refractivity contribution >= 4 is 32.5 Å². The highest BCUT2D eigenvalue weighted by Gasteiger charge is 2.12. The van der Waals surface area contributed by atoms with Gasteiger partial charge in [0.15, 0.2) is 11.5 Å². The molecule has 0 atom stereocenters. The quantitative estimate of drug-likeness (QED) is 0.258. The van der Waals surface area contributed by atoms with Gasteiger partial charge in [0.1, 0.15) is 11.3 Å². The summed E-state index contributed by atoms with van der Waals surface area (Å²) in [5.41, 5.74) is 4.29. The van der Waals surface area contributed by atoms with Crippen LogP contribution in [0, 0.1) is 0 Å². The Morgan fingerprint density at radius 1 is 0.353 bits per heavy atom. The molecule has 0 aliphatic rings. The first-order chi connectivity index (χ1) is 16.8. The van der Waals surface area contributed by atoms with E-state index in [1.54, 1.807) is 0 Å². The minimum Gasteiger partial charge on any atom is -0.453 e. The number of para-hydroxylation sites is 1. The fourth-order valence-electron chi connectivity index (χ4n) is 4.75. The van der Waals surface area contributed by atoms with Gasteiger partial charge in [-0.25, -0.2) is 0 Å². The van der Waals surface area contributed by atoms with E-state index in [4.69, 9.17) is 8.83 Å². The standard InChI is InChI=1S/C32H20O2/c1-3-7-27-22(5-1)11-14-25-19-24(15-16-28(25)27)21-9-12-23(13-10-21)30-17-18-31(33-30)32-20-26-6-2-4-8-29(26)34-32/h1-20H. The lowest BCUT2D eigenvalue weighted by Crippen LogP contribution is -1.82. The van der Waals surface area contributed by atoms with E-state index < -0.39 is 0 Å². The lowest BCUT2D eigenvalue weighted by atomic mass is 9.97. The largest absolute Gasteiger partial charge is 0.453 e. The maximum Gasteiger partial charge on any atom is 0.170 e. The minimum atomic E-state index is 0.733. The van der Waals surface area contributed by atoms with Gasteiger partial charge in [-0.2, -0.15) is 0 Å². The van der Waals surface area contributed by atoms with Crippen molar-refractivity contribution in [3.8, 4) is 34.0 Å². The molecule has 2 heterocycles. The van der Waals surface area contributed by atoms with Gasteiger partial charge in [0, 0.05) is 10.9 Å². The van der Waals surface area contributed by atoms with Crippen molar-refractivity contribution in [1.29, 1.82) is 0 Å². The second-order valence-corrected chi connectivity index (χ2v) is 8.61. The Kier molecular flexibility index (Phi) is 4.18. The summed E-state index contributed by atoms with van der Waals surface area (Å²) >= 11 is 0. The van der Waals surface area contributed by atoms with Crippen LogP contribution in [0.25, 0.3) is 66.5 Å². The summed E-state index contributed by atoms with van der Waals surface area (Å²) in [5, 5.41) is 6.17. The first kappa shape index (κ1) is 19.0. The van der Waals surface area contributed by atoms with Crippen molar-refractivity contribution in [3.05, 3.63) is 121 Å². The van der Waals surface area contributed by atoms with E-state index in [-0.39, 0.29) is 0 Å². The Balaban J connectivity index is 1.20. The number of rotatable bonds is 3. The molecule has 0 amide bonds. The molecule has 5 aromatic carbocycles. The van der Waals surface area contributed by atoms with E-state index >= 15 is 0 Å². The Bertz CT molecular complexity index is 1770. The van der Waals surface area contributed by atoms with Gasteiger partial charge < -0.3 is 8.83 Å². The Hall–Kier alpha value is -4.56. The van der Waals surface area contributed by atoms with Gasteiger partial charge in [-0.3, -0.25) is 0 Å². The van der Waals surface area contributed by atoms with Crippen LogP contribution in [0.5, 0.6) is 0 Å². The summed E-state index contributed by atoms with van der Waals surface area (Å²) in [7, 11) is 0. The highest BCUT2D eigenvalue weighted by molar-refractivity contribution is 6.08. The molecule has 0 aliphatic carbocycles. The van der Waals surface area contributed by atoms with Crippen LogP contribution in [0.15, 0.2) is 130 Å². The predicted molar refractivity (Wildman–Crippen MR) is 140 cm³/mol. The molecule has 7 rings (SSSR count). The van der Waals surface area contributed by atoms with Gasteiger partial charge >= 0.3 is 0 Å². The SMILES string of the molecule is c1ccc2oc(-c3ccc(-c4ccc(-c5ccc6c(ccc7ccccc76)c5)cc4)o3)cc2c1. The molecule has 0 saturated carbocycles. The molecule has 7 aromatic rings. The van der Waals surface area contributed by atoms with Crippen molar-refractivity contribution in [2.45, 2.75) is 0 Å². The van der Waals surface area contributed by atoms with Gasteiger partial charge in [-0.15, -0.1) is 0 Å². The van der Waals surface area contributed by atoms with E-state index in [1.165, 1.54) is 32.7 Å². The molecule has 0 radical (unpaired) electrons. The van der Waals surface area contributed by atoms with Crippen molar-refractivity contribution in [1.82, 2.24) is 0 Å². The first-order valence-electron chi connectivity index (χ1n) is 11.4. The van der Waals surface area contributed by atoms with Gasteiger partial charge in [0.05, 0.1) is 0 Å². The summed E-state index contributed by atoms with van der Waals surface area (Å²) in [6.45, 7) is 0. The fourth-order valence-corrected chi connectivity index (χ4v) is 4.75. The van der Waals surface area contributed by atoms with Crippen molar-refractivity contribution in [2.75, 3.05) is 0 Å². The van der Waals surface area contributed by atoms with E-state index in [1.807, 2.05) is 42.5 Å². The number of furan rings is 2. The molecule has 34 heavy (non-hydrogen) atoms. The van der Waals surface area contributed by atoms with Crippen molar-refractivity contribution < 1.29 is 8.83 Å². The van der Waals surface area contributed by atoms with Crippen LogP contribution < -0.4 is 0 Å². The molecule has 0 aliphatic heterocycles. The smallest absolute Gasteiger partial charge is 0.170 e. The third-order valence-corrected chi connectivity index (χ3v) is 6.52. The summed E-state index contributed by atoms with van der Waals surface area (Å²) in [5.74, 6) is 2.30. The fraction of sp³-hybridized carbons (Fsp3) is 0. The first-order valence-corrected chi connectivity index (χ1v) is 11.4. The van der Waals surface area contributed by atoms with Crippen LogP contribution >= 0.6 is 0 Å². The van der Waals surface area contributed by atoms with E-state index in [9.17, 15) is 0 Å². The molecular weight excluding hydrogens is 416 g/mol. The monoisotopic (exact) mass is 436 g/mol. The second-order valence-electron chi connectivity index (χ2n) is 8.61. The zero-order valence-corrected chi connectivity index (χ0v) is 18.4. The molecule has 2 heteroatoms. The van der Waals surface area contributed by atoms with Crippen LogP contribution in [0.4, 0.5) is 0 Å². The Morgan fingerprint density at radius 2 is 1.03 bits per heavy atom. The summed E-state index contributed by atoms with van der Waals surface area (Å²) in [6.07, 6.45) is 0. The summed E-state index contributed by atoms with van der Waals surface area (Å²) in [4.78, 5) is 0. The highest BCUT2D eigenvalue weighted by Crippen LogP contribution is 2.34. The topological polar surface area (TPSA) is 26.3 Å². The molecule has 2 aromatic heterocycles.